The number of benzene rings is 1. The number of nitrogens with zero attached hydrogens (tertiary/aromatic N) is 2. The molecule has 0 bridgehead atoms. The van der Waals surface area contributed by atoms with Gasteiger partial charge in [0.15, 0.2) is 5.78 Å². The van der Waals surface area contributed by atoms with Gasteiger partial charge in [-0.2, -0.15) is 5.10 Å². The third-order valence-corrected chi connectivity index (χ3v) is 4.09. The van der Waals surface area contributed by atoms with Crippen molar-refractivity contribution in [2.24, 2.45) is 0 Å². The van der Waals surface area contributed by atoms with Crippen molar-refractivity contribution in [3.63, 3.8) is 0 Å². The zero-order valence-electron chi connectivity index (χ0n) is 11.7. The third-order valence-electron chi connectivity index (χ3n) is 3.14. The molecule has 0 amide bonds. The summed E-state index contributed by atoms with van der Waals surface area (Å²) < 4.78 is 2.70. The highest BCUT2D eigenvalue weighted by Gasteiger charge is 2.17. The van der Waals surface area contributed by atoms with Gasteiger partial charge in [0, 0.05) is 16.6 Å². The normalized spacial score (nSPS) is 10.8. The minimum atomic E-state index is 0.0471. The summed E-state index contributed by atoms with van der Waals surface area (Å²) >= 11 is 9.66. The number of carbonyl (C=O) groups excluding carboxylic acids is 1. The molecule has 1 aromatic carbocycles. The van der Waals surface area contributed by atoms with E-state index in [1.807, 2.05) is 39.0 Å². The van der Waals surface area contributed by atoms with Crippen molar-refractivity contribution >= 4 is 33.3 Å². The summed E-state index contributed by atoms with van der Waals surface area (Å²) in [6.07, 6.45) is 0.267. The van der Waals surface area contributed by atoms with E-state index in [9.17, 15) is 4.79 Å². The van der Waals surface area contributed by atoms with Gasteiger partial charge >= 0.3 is 0 Å². The number of ketones is 1. The Balaban J connectivity index is 2.32. The molecule has 5 heteroatoms. The van der Waals surface area contributed by atoms with E-state index in [1.54, 1.807) is 4.68 Å². The lowest BCUT2D eigenvalue weighted by Crippen LogP contribution is -2.10. The summed E-state index contributed by atoms with van der Waals surface area (Å²) in [4.78, 5) is 12.4. The van der Waals surface area contributed by atoms with Gasteiger partial charge in [0.05, 0.1) is 22.8 Å². The van der Waals surface area contributed by atoms with Crippen LogP contribution < -0.4 is 0 Å². The van der Waals surface area contributed by atoms with Crippen LogP contribution in [0.1, 0.15) is 34.2 Å². The van der Waals surface area contributed by atoms with Gasteiger partial charge in [-0.3, -0.25) is 9.48 Å². The second-order valence-corrected chi connectivity index (χ2v) is 6.07. The predicted molar refractivity (Wildman–Crippen MR) is 84.6 cm³/mol. The summed E-state index contributed by atoms with van der Waals surface area (Å²) in [5.74, 6) is 0.0471. The van der Waals surface area contributed by atoms with Gasteiger partial charge in [0.1, 0.15) is 0 Å². The fourth-order valence-electron chi connectivity index (χ4n) is 2.19. The average Bonchev–Trinajstić information content (AvgIpc) is 2.65. The fraction of sp³-hybridized carbons (Fsp3) is 0.333. The summed E-state index contributed by atoms with van der Waals surface area (Å²) in [7, 11) is 0. The van der Waals surface area contributed by atoms with Crippen LogP contribution in [0.5, 0.6) is 0 Å². The van der Waals surface area contributed by atoms with Crippen LogP contribution in [0.15, 0.2) is 22.7 Å². The van der Waals surface area contributed by atoms with Crippen LogP contribution in [-0.2, 0) is 13.0 Å². The highest BCUT2D eigenvalue weighted by molar-refractivity contribution is 9.10. The molecule has 0 unspecified atom stereocenters. The maximum atomic E-state index is 12.4. The summed E-state index contributed by atoms with van der Waals surface area (Å²) in [6.45, 7) is 6.51. The van der Waals surface area contributed by atoms with Crippen LogP contribution in [0, 0.1) is 13.8 Å². The molecule has 0 atom stereocenters. The van der Waals surface area contributed by atoms with E-state index >= 15 is 0 Å². The molecule has 0 saturated heterocycles. The number of hydrogen-bond donors (Lipinski definition) is 0. The number of aromatic nitrogens is 2. The van der Waals surface area contributed by atoms with Gasteiger partial charge in [-0.25, -0.2) is 0 Å². The predicted octanol–water partition coefficient (Wildman–Crippen LogP) is 4.36. The van der Waals surface area contributed by atoms with E-state index in [0.29, 0.717) is 17.1 Å². The Hall–Kier alpha value is -1.13. The summed E-state index contributed by atoms with van der Waals surface area (Å²) in [6, 6.07) is 5.70. The summed E-state index contributed by atoms with van der Waals surface area (Å²) in [5.41, 5.74) is 3.29. The Kier molecular flexibility index (Phi) is 4.66. The summed E-state index contributed by atoms with van der Waals surface area (Å²) in [5, 5.41) is 4.92. The quantitative estimate of drug-likeness (QED) is 0.764. The largest absolute Gasteiger partial charge is 0.294 e. The Labute approximate surface area is 132 Å². The monoisotopic (exact) mass is 354 g/mol. The van der Waals surface area contributed by atoms with Crippen LogP contribution in [-0.4, -0.2) is 15.6 Å². The molecule has 106 valence electrons. The van der Waals surface area contributed by atoms with E-state index in [4.69, 9.17) is 11.6 Å². The number of rotatable bonds is 4. The molecule has 1 aromatic heterocycles. The standard InChI is InChI=1S/C15H16BrClN2O/c1-4-19-13(15(17)10(3)18-19)8-14(20)11-5-9(2)6-12(16)7-11/h5-7H,4,8H2,1-3H3. The zero-order chi connectivity index (χ0) is 14.9. The van der Waals surface area contributed by atoms with Crippen LogP contribution in [0.3, 0.4) is 0 Å². The van der Waals surface area contributed by atoms with Crippen molar-refractivity contribution in [2.45, 2.75) is 33.7 Å². The van der Waals surface area contributed by atoms with Gasteiger partial charge < -0.3 is 0 Å². The van der Waals surface area contributed by atoms with E-state index in [1.165, 1.54) is 0 Å². The second-order valence-electron chi connectivity index (χ2n) is 4.78. The number of aryl methyl sites for hydroxylation is 3. The molecule has 0 saturated carbocycles. The van der Waals surface area contributed by atoms with E-state index in [-0.39, 0.29) is 12.2 Å². The lowest BCUT2D eigenvalue weighted by atomic mass is 10.0. The first-order valence-electron chi connectivity index (χ1n) is 6.44. The smallest absolute Gasteiger partial charge is 0.168 e. The van der Waals surface area contributed by atoms with Gasteiger partial charge in [0.2, 0.25) is 0 Å². The second kappa shape index (κ2) is 6.10. The molecule has 0 aliphatic heterocycles. The van der Waals surface area contributed by atoms with Gasteiger partial charge in [-0.1, -0.05) is 27.5 Å². The molecule has 20 heavy (non-hydrogen) atoms. The number of Topliss-reactive ketones (excluding diaryl/α,β-unsaturated/α-hetero) is 1. The Morgan fingerprint density at radius 1 is 1.35 bits per heavy atom. The van der Waals surface area contributed by atoms with E-state index in [0.717, 1.165) is 21.4 Å². The zero-order valence-corrected chi connectivity index (χ0v) is 14.0. The molecule has 0 N–H and O–H groups in total. The first kappa shape index (κ1) is 15.3. The van der Waals surface area contributed by atoms with Crippen molar-refractivity contribution in [3.05, 3.63) is 50.2 Å². The van der Waals surface area contributed by atoms with Crippen LogP contribution in [0.2, 0.25) is 5.02 Å². The van der Waals surface area contributed by atoms with Crippen molar-refractivity contribution < 1.29 is 4.79 Å². The molecule has 0 aliphatic carbocycles. The van der Waals surface area contributed by atoms with E-state index in [2.05, 4.69) is 21.0 Å². The SMILES string of the molecule is CCn1nc(C)c(Cl)c1CC(=O)c1cc(C)cc(Br)c1. The van der Waals surface area contributed by atoms with Crippen LogP contribution >= 0.6 is 27.5 Å². The Morgan fingerprint density at radius 3 is 2.65 bits per heavy atom. The average molecular weight is 356 g/mol. The topological polar surface area (TPSA) is 34.9 Å². The van der Waals surface area contributed by atoms with Crippen molar-refractivity contribution in [1.29, 1.82) is 0 Å². The first-order chi connectivity index (χ1) is 9.42. The maximum absolute atomic E-state index is 12.4. The Morgan fingerprint density at radius 2 is 2.05 bits per heavy atom. The molecular weight excluding hydrogens is 340 g/mol. The van der Waals surface area contributed by atoms with Gasteiger partial charge in [-0.15, -0.1) is 0 Å². The minimum absolute atomic E-state index is 0.0471. The van der Waals surface area contributed by atoms with Gasteiger partial charge in [-0.05, 0) is 44.5 Å². The van der Waals surface area contributed by atoms with Crippen LogP contribution in [0.4, 0.5) is 0 Å². The lowest BCUT2D eigenvalue weighted by molar-refractivity contribution is 0.0990. The first-order valence-corrected chi connectivity index (χ1v) is 7.61. The van der Waals surface area contributed by atoms with Crippen LogP contribution in [0.25, 0.3) is 0 Å². The molecule has 3 nitrogen and oxygen atoms in total. The number of carbonyl (C=O) groups is 1. The highest BCUT2D eigenvalue weighted by atomic mass is 79.9. The van der Waals surface area contributed by atoms with Gasteiger partial charge in [0.25, 0.3) is 0 Å². The van der Waals surface area contributed by atoms with E-state index < -0.39 is 0 Å². The molecule has 2 rings (SSSR count). The van der Waals surface area contributed by atoms with Crippen molar-refractivity contribution in [3.8, 4) is 0 Å². The van der Waals surface area contributed by atoms with Crippen molar-refractivity contribution in [2.75, 3.05) is 0 Å². The molecule has 0 aliphatic rings. The fourth-order valence-corrected chi connectivity index (χ4v) is 3.00. The maximum Gasteiger partial charge on any atom is 0.168 e. The molecular formula is C15H16BrClN2O. The minimum Gasteiger partial charge on any atom is -0.294 e. The molecule has 0 fully saturated rings. The number of halogens is 2. The molecule has 1 heterocycles. The van der Waals surface area contributed by atoms with Crippen molar-refractivity contribution in [1.82, 2.24) is 9.78 Å². The third kappa shape index (κ3) is 3.13. The molecule has 0 spiro atoms. The lowest BCUT2D eigenvalue weighted by Gasteiger charge is -2.06. The molecule has 2 aromatic rings. The Bertz CT molecular complexity index is 644. The molecule has 0 radical (unpaired) electrons. The highest BCUT2D eigenvalue weighted by Crippen LogP contribution is 2.23. The number of hydrogen-bond acceptors (Lipinski definition) is 2.